The van der Waals surface area contributed by atoms with Crippen molar-refractivity contribution in [2.24, 2.45) is 0 Å². The van der Waals surface area contributed by atoms with Gasteiger partial charge in [-0.1, -0.05) is 6.58 Å². The molecule has 0 aromatic carbocycles. The molecule has 1 aromatic rings. The average molecular weight is 315 g/mol. The molecule has 1 N–H and O–H groups in total. The fourth-order valence-electron chi connectivity index (χ4n) is 1.38. The van der Waals surface area contributed by atoms with Crippen LogP contribution < -0.4 is 10.2 Å². The first-order valence-electron chi connectivity index (χ1n) is 4.54. The molecular weight excluding hydrogens is 305 g/mol. The highest BCUT2D eigenvalue weighted by molar-refractivity contribution is 14.1. The third-order valence-electron chi connectivity index (χ3n) is 2.15. The third kappa shape index (κ3) is 2.28. The molecule has 5 heteroatoms. The summed E-state index contributed by atoms with van der Waals surface area (Å²) in [5.41, 5.74) is 0.766. The van der Waals surface area contributed by atoms with Gasteiger partial charge in [0, 0.05) is 28.4 Å². The summed E-state index contributed by atoms with van der Waals surface area (Å²) in [5.74, 6) is 0.681. The van der Waals surface area contributed by atoms with Crippen molar-refractivity contribution in [3.63, 3.8) is 0 Å². The van der Waals surface area contributed by atoms with Crippen LogP contribution in [0.25, 0.3) is 0 Å². The Morgan fingerprint density at radius 3 is 2.93 bits per heavy atom. The Kier molecular flexibility index (Phi) is 2.90. The van der Waals surface area contributed by atoms with E-state index in [2.05, 4.69) is 39.5 Å². The van der Waals surface area contributed by atoms with Crippen LogP contribution in [0.5, 0.6) is 0 Å². The number of halogens is 1. The lowest BCUT2D eigenvalue weighted by Gasteiger charge is -2.27. The molecule has 15 heavy (non-hydrogen) atoms. The number of urea groups is 1. The molecule has 0 aliphatic carbocycles. The Labute approximate surface area is 102 Å². The maximum atomic E-state index is 11.6. The molecular formula is C10H10IN3O. The molecule has 0 radical (unpaired) electrons. The number of hydrogen-bond acceptors (Lipinski definition) is 2. The minimum atomic E-state index is -0.153. The first kappa shape index (κ1) is 10.4. The van der Waals surface area contributed by atoms with Crippen molar-refractivity contribution in [3.8, 4) is 0 Å². The topological polar surface area (TPSA) is 45.2 Å². The van der Waals surface area contributed by atoms with Gasteiger partial charge in [-0.3, -0.25) is 4.90 Å². The van der Waals surface area contributed by atoms with E-state index >= 15 is 0 Å². The SMILES string of the molecule is C=C1CCN(c2ccc(I)cn2)C(=O)N1. The number of pyridine rings is 1. The highest BCUT2D eigenvalue weighted by Gasteiger charge is 2.21. The van der Waals surface area contributed by atoms with Gasteiger partial charge in [0.15, 0.2) is 0 Å². The predicted octanol–water partition coefficient (Wildman–Crippen LogP) is 2.12. The van der Waals surface area contributed by atoms with Gasteiger partial charge in [0.05, 0.1) is 0 Å². The molecule has 4 nitrogen and oxygen atoms in total. The number of carbonyl (C=O) groups excluding carboxylic acids is 1. The molecule has 0 unspecified atom stereocenters. The standard InChI is InChI=1S/C10H10IN3O/c1-7-4-5-14(10(15)13-7)9-3-2-8(11)6-12-9/h2-3,6H,1,4-5H2,(H,13,15). The summed E-state index contributed by atoms with van der Waals surface area (Å²) in [5, 5.41) is 2.69. The summed E-state index contributed by atoms with van der Waals surface area (Å²) >= 11 is 2.18. The highest BCUT2D eigenvalue weighted by atomic mass is 127. The quantitative estimate of drug-likeness (QED) is 0.807. The first-order valence-corrected chi connectivity index (χ1v) is 5.62. The number of rotatable bonds is 1. The van der Waals surface area contributed by atoms with E-state index in [0.29, 0.717) is 12.4 Å². The molecule has 2 rings (SSSR count). The zero-order valence-electron chi connectivity index (χ0n) is 8.03. The number of carbonyl (C=O) groups is 1. The van der Waals surface area contributed by atoms with Crippen molar-refractivity contribution in [1.82, 2.24) is 10.3 Å². The summed E-state index contributed by atoms with van der Waals surface area (Å²) in [6.45, 7) is 4.36. The van der Waals surface area contributed by atoms with Crippen molar-refractivity contribution in [2.45, 2.75) is 6.42 Å². The van der Waals surface area contributed by atoms with E-state index in [1.54, 1.807) is 11.1 Å². The Hall–Kier alpha value is -1.11. The van der Waals surface area contributed by atoms with Gasteiger partial charge in [-0.2, -0.15) is 0 Å². The lowest BCUT2D eigenvalue weighted by atomic mass is 10.2. The molecule has 1 fully saturated rings. The van der Waals surface area contributed by atoms with E-state index in [9.17, 15) is 4.79 Å². The normalized spacial score (nSPS) is 16.5. The molecule has 0 bridgehead atoms. The van der Waals surface area contributed by atoms with E-state index in [4.69, 9.17) is 0 Å². The molecule has 0 saturated carbocycles. The molecule has 2 amide bonds. The van der Waals surface area contributed by atoms with E-state index in [0.717, 1.165) is 15.7 Å². The van der Waals surface area contributed by atoms with Crippen molar-refractivity contribution in [2.75, 3.05) is 11.4 Å². The minimum Gasteiger partial charge on any atom is -0.312 e. The summed E-state index contributed by atoms with van der Waals surface area (Å²) in [4.78, 5) is 17.4. The third-order valence-corrected chi connectivity index (χ3v) is 2.79. The summed E-state index contributed by atoms with van der Waals surface area (Å²) in [6, 6.07) is 3.62. The fourth-order valence-corrected chi connectivity index (χ4v) is 1.69. The molecule has 1 aromatic heterocycles. The zero-order valence-corrected chi connectivity index (χ0v) is 10.2. The molecule has 2 heterocycles. The number of nitrogens with zero attached hydrogens (tertiary/aromatic N) is 2. The van der Waals surface area contributed by atoms with Crippen LogP contribution in [-0.2, 0) is 0 Å². The average Bonchev–Trinajstić information content (AvgIpc) is 2.20. The Bertz CT molecular complexity index is 402. The van der Waals surface area contributed by atoms with E-state index < -0.39 is 0 Å². The number of nitrogens with one attached hydrogen (secondary N) is 1. The summed E-state index contributed by atoms with van der Waals surface area (Å²) in [6.07, 6.45) is 2.51. The first-order chi connectivity index (χ1) is 7.16. The van der Waals surface area contributed by atoms with Crippen molar-refractivity contribution < 1.29 is 4.79 Å². The lowest BCUT2D eigenvalue weighted by Crippen LogP contribution is -2.45. The zero-order chi connectivity index (χ0) is 10.8. The van der Waals surface area contributed by atoms with Gasteiger partial charge >= 0.3 is 6.03 Å². The van der Waals surface area contributed by atoms with Gasteiger partial charge in [0.1, 0.15) is 5.82 Å². The van der Waals surface area contributed by atoms with Crippen molar-refractivity contribution >= 4 is 34.4 Å². The molecule has 1 saturated heterocycles. The van der Waals surface area contributed by atoms with Gasteiger partial charge in [-0.15, -0.1) is 0 Å². The highest BCUT2D eigenvalue weighted by Crippen LogP contribution is 2.16. The van der Waals surface area contributed by atoms with Gasteiger partial charge in [0.2, 0.25) is 0 Å². The predicted molar refractivity (Wildman–Crippen MR) is 66.6 cm³/mol. The van der Waals surface area contributed by atoms with Crippen molar-refractivity contribution in [1.29, 1.82) is 0 Å². The van der Waals surface area contributed by atoms with Crippen LogP contribution in [0.15, 0.2) is 30.6 Å². The van der Waals surface area contributed by atoms with Crippen LogP contribution in [0.3, 0.4) is 0 Å². The minimum absolute atomic E-state index is 0.153. The Balaban J connectivity index is 2.20. The maximum Gasteiger partial charge on any atom is 0.327 e. The van der Waals surface area contributed by atoms with Crippen LogP contribution >= 0.6 is 22.6 Å². The Morgan fingerprint density at radius 2 is 2.33 bits per heavy atom. The van der Waals surface area contributed by atoms with E-state index in [1.165, 1.54) is 0 Å². The largest absolute Gasteiger partial charge is 0.327 e. The molecule has 0 atom stereocenters. The monoisotopic (exact) mass is 315 g/mol. The van der Waals surface area contributed by atoms with Crippen LogP contribution in [0, 0.1) is 3.57 Å². The van der Waals surface area contributed by atoms with E-state index in [-0.39, 0.29) is 6.03 Å². The van der Waals surface area contributed by atoms with Gasteiger partial charge < -0.3 is 5.32 Å². The van der Waals surface area contributed by atoms with Crippen LogP contribution in [0.2, 0.25) is 0 Å². The maximum absolute atomic E-state index is 11.6. The molecule has 1 aliphatic rings. The number of aromatic nitrogens is 1. The second-order valence-corrected chi connectivity index (χ2v) is 4.52. The van der Waals surface area contributed by atoms with Gasteiger partial charge in [0.25, 0.3) is 0 Å². The van der Waals surface area contributed by atoms with Crippen LogP contribution in [0.1, 0.15) is 6.42 Å². The smallest absolute Gasteiger partial charge is 0.312 e. The second kappa shape index (κ2) is 4.18. The molecule has 0 spiro atoms. The molecule has 78 valence electrons. The van der Waals surface area contributed by atoms with Crippen LogP contribution in [-0.4, -0.2) is 17.6 Å². The number of hydrogen-bond donors (Lipinski definition) is 1. The second-order valence-electron chi connectivity index (χ2n) is 3.27. The van der Waals surface area contributed by atoms with Gasteiger partial charge in [-0.05, 0) is 34.7 Å². The lowest BCUT2D eigenvalue weighted by molar-refractivity contribution is 0.246. The van der Waals surface area contributed by atoms with Gasteiger partial charge in [-0.25, -0.2) is 9.78 Å². The number of anilines is 1. The fraction of sp³-hybridized carbons (Fsp3) is 0.200. The summed E-state index contributed by atoms with van der Waals surface area (Å²) in [7, 11) is 0. The summed E-state index contributed by atoms with van der Waals surface area (Å²) < 4.78 is 1.05. The van der Waals surface area contributed by atoms with Crippen LogP contribution in [0.4, 0.5) is 10.6 Å². The van der Waals surface area contributed by atoms with Crippen molar-refractivity contribution in [3.05, 3.63) is 34.2 Å². The Morgan fingerprint density at radius 1 is 1.53 bits per heavy atom. The van der Waals surface area contributed by atoms with E-state index in [1.807, 2.05) is 12.1 Å². The molecule has 1 aliphatic heterocycles. The number of amides is 2.